The first kappa shape index (κ1) is 17.2. The topological polar surface area (TPSA) is 81.0 Å². The van der Waals surface area contributed by atoms with Crippen molar-refractivity contribution >= 4 is 33.9 Å². The van der Waals surface area contributed by atoms with Crippen LogP contribution in [0.5, 0.6) is 0 Å². The van der Waals surface area contributed by atoms with Crippen molar-refractivity contribution in [1.82, 2.24) is 10.2 Å². The Labute approximate surface area is 149 Å². The van der Waals surface area contributed by atoms with E-state index in [1.165, 1.54) is 35.6 Å². The van der Waals surface area contributed by atoms with Gasteiger partial charge in [-0.1, -0.05) is 35.2 Å². The lowest BCUT2D eigenvalue weighted by molar-refractivity contribution is -0.385. The van der Waals surface area contributed by atoms with Crippen molar-refractivity contribution in [3.05, 3.63) is 69.8 Å². The summed E-state index contributed by atoms with van der Waals surface area (Å²) in [6.45, 7) is 0.450. The number of rotatable bonds is 6. The van der Waals surface area contributed by atoms with E-state index in [1.54, 1.807) is 12.1 Å². The second kappa shape index (κ2) is 7.53. The van der Waals surface area contributed by atoms with Gasteiger partial charge in [0, 0.05) is 12.6 Å². The molecule has 1 heterocycles. The van der Waals surface area contributed by atoms with Crippen LogP contribution in [0.15, 0.2) is 51.7 Å². The second-order valence-electron chi connectivity index (χ2n) is 4.83. The zero-order valence-electron chi connectivity index (χ0n) is 12.5. The van der Waals surface area contributed by atoms with Crippen LogP contribution in [0.1, 0.15) is 5.56 Å². The molecule has 10 heteroatoms. The van der Waals surface area contributed by atoms with E-state index in [0.29, 0.717) is 16.0 Å². The van der Waals surface area contributed by atoms with Crippen molar-refractivity contribution in [3.63, 3.8) is 0 Å². The van der Waals surface area contributed by atoms with Gasteiger partial charge >= 0.3 is 0 Å². The van der Waals surface area contributed by atoms with E-state index < -0.39 is 10.7 Å². The summed E-state index contributed by atoms with van der Waals surface area (Å²) in [6, 6.07) is 9.50. The Morgan fingerprint density at radius 3 is 2.60 bits per heavy atom. The summed E-state index contributed by atoms with van der Waals surface area (Å²) in [7, 11) is 0. The first-order valence-corrected chi connectivity index (χ1v) is 8.58. The maximum absolute atomic E-state index is 13.9. The van der Waals surface area contributed by atoms with Crippen LogP contribution in [0.25, 0.3) is 0 Å². The van der Waals surface area contributed by atoms with E-state index >= 15 is 0 Å². The monoisotopic (exact) mass is 380 g/mol. The lowest BCUT2D eigenvalue weighted by Crippen LogP contribution is -1.98. The molecule has 0 amide bonds. The van der Waals surface area contributed by atoms with Gasteiger partial charge in [0.2, 0.25) is 5.13 Å². The fourth-order valence-electron chi connectivity index (χ4n) is 1.88. The maximum Gasteiger partial charge on any atom is 0.272 e. The summed E-state index contributed by atoms with van der Waals surface area (Å²) in [6.07, 6.45) is 0. The molecule has 6 nitrogen and oxygen atoms in total. The van der Waals surface area contributed by atoms with E-state index in [1.807, 2.05) is 0 Å². The van der Waals surface area contributed by atoms with Crippen molar-refractivity contribution in [1.29, 1.82) is 0 Å². The Bertz CT molecular complexity index is 903. The lowest BCUT2D eigenvalue weighted by Gasteiger charge is -2.01. The average molecular weight is 380 g/mol. The van der Waals surface area contributed by atoms with Gasteiger partial charge in [0.15, 0.2) is 4.34 Å². The van der Waals surface area contributed by atoms with Crippen LogP contribution < -0.4 is 5.32 Å². The summed E-state index contributed by atoms with van der Waals surface area (Å²) < 4.78 is 27.2. The van der Waals surface area contributed by atoms with E-state index in [4.69, 9.17) is 0 Å². The van der Waals surface area contributed by atoms with Crippen LogP contribution in [-0.4, -0.2) is 15.1 Å². The molecule has 3 rings (SSSR count). The van der Waals surface area contributed by atoms with Crippen molar-refractivity contribution in [2.75, 3.05) is 5.32 Å². The van der Waals surface area contributed by atoms with Gasteiger partial charge in [0.25, 0.3) is 5.69 Å². The van der Waals surface area contributed by atoms with E-state index in [-0.39, 0.29) is 16.4 Å². The molecule has 3 aromatic rings. The number of non-ortho nitro benzene ring substituents is 1. The Balaban J connectivity index is 1.63. The van der Waals surface area contributed by atoms with Gasteiger partial charge in [-0.05, 0) is 23.8 Å². The molecule has 1 N–H and O–H groups in total. The highest BCUT2D eigenvalue weighted by molar-refractivity contribution is 8.01. The van der Waals surface area contributed by atoms with Crippen molar-refractivity contribution in [3.8, 4) is 0 Å². The maximum atomic E-state index is 13.9. The van der Waals surface area contributed by atoms with E-state index in [0.717, 1.165) is 23.4 Å². The fourth-order valence-corrected chi connectivity index (χ4v) is 3.59. The molecule has 0 aliphatic rings. The van der Waals surface area contributed by atoms with Crippen LogP contribution >= 0.6 is 23.1 Å². The second-order valence-corrected chi connectivity index (χ2v) is 7.09. The SMILES string of the molecule is O=[N+]([O-])c1ccc(Sc2nnc(NCc3ccc(F)cc3)s2)c(F)c1. The van der Waals surface area contributed by atoms with Gasteiger partial charge in [-0.15, -0.1) is 10.2 Å². The number of nitrogens with one attached hydrogen (secondary N) is 1. The predicted octanol–water partition coefficient (Wildman–Crippen LogP) is 4.49. The Morgan fingerprint density at radius 1 is 1.16 bits per heavy atom. The molecule has 0 atom stereocenters. The number of nitrogens with zero attached hydrogens (tertiary/aromatic N) is 3. The molecule has 0 spiro atoms. The summed E-state index contributed by atoms with van der Waals surface area (Å²) in [5.41, 5.74) is 0.577. The summed E-state index contributed by atoms with van der Waals surface area (Å²) in [5, 5.41) is 22.1. The minimum Gasteiger partial charge on any atom is -0.356 e. The molecule has 0 saturated heterocycles. The summed E-state index contributed by atoms with van der Waals surface area (Å²) >= 11 is 2.26. The van der Waals surface area contributed by atoms with Crippen LogP contribution in [0.3, 0.4) is 0 Å². The third-order valence-corrected chi connectivity index (χ3v) is 5.07. The number of nitro benzene ring substituents is 1. The number of anilines is 1. The minimum absolute atomic E-state index is 0.229. The number of nitro groups is 1. The third kappa shape index (κ3) is 4.48. The number of halogens is 2. The van der Waals surface area contributed by atoms with Crippen LogP contribution in [0.2, 0.25) is 0 Å². The van der Waals surface area contributed by atoms with Crippen molar-refractivity contribution in [2.24, 2.45) is 0 Å². The highest BCUT2D eigenvalue weighted by Crippen LogP contribution is 2.34. The molecule has 1 aromatic heterocycles. The molecule has 0 radical (unpaired) electrons. The predicted molar refractivity (Wildman–Crippen MR) is 90.8 cm³/mol. The molecule has 0 aliphatic heterocycles. The number of benzene rings is 2. The fraction of sp³-hybridized carbons (Fsp3) is 0.0667. The van der Waals surface area contributed by atoms with Crippen LogP contribution in [-0.2, 0) is 6.54 Å². The van der Waals surface area contributed by atoms with Gasteiger partial charge in [-0.2, -0.15) is 0 Å². The number of aromatic nitrogens is 2. The zero-order chi connectivity index (χ0) is 17.8. The minimum atomic E-state index is -0.685. The van der Waals surface area contributed by atoms with Crippen LogP contribution in [0.4, 0.5) is 19.6 Å². The van der Waals surface area contributed by atoms with Gasteiger partial charge in [-0.3, -0.25) is 10.1 Å². The van der Waals surface area contributed by atoms with Gasteiger partial charge < -0.3 is 5.32 Å². The number of hydrogen-bond acceptors (Lipinski definition) is 7. The van der Waals surface area contributed by atoms with Crippen molar-refractivity contribution in [2.45, 2.75) is 15.8 Å². The van der Waals surface area contributed by atoms with E-state index in [9.17, 15) is 18.9 Å². The molecule has 0 saturated carbocycles. The molecule has 2 aromatic carbocycles. The smallest absolute Gasteiger partial charge is 0.272 e. The summed E-state index contributed by atoms with van der Waals surface area (Å²) in [4.78, 5) is 10.2. The molecule has 0 fully saturated rings. The normalized spacial score (nSPS) is 10.6. The quantitative estimate of drug-likeness (QED) is 0.501. The highest BCUT2D eigenvalue weighted by atomic mass is 32.2. The molecular formula is C15H10F2N4O2S2. The zero-order valence-corrected chi connectivity index (χ0v) is 14.1. The largest absolute Gasteiger partial charge is 0.356 e. The first-order valence-electron chi connectivity index (χ1n) is 6.95. The molecule has 25 heavy (non-hydrogen) atoms. The lowest BCUT2D eigenvalue weighted by atomic mass is 10.2. The van der Waals surface area contributed by atoms with Gasteiger partial charge in [0.05, 0.1) is 15.9 Å². The standard InChI is InChI=1S/C15H10F2N4O2S2/c16-10-3-1-9(2-4-10)8-18-14-19-20-15(25-14)24-13-6-5-11(21(22)23)7-12(13)17/h1-7H,8H2,(H,18,19). The molecule has 0 bridgehead atoms. The Hall–Kier alpha value is -2.59. The molecule has 0 unspecified atom stereocenters. The van der Waals surface area contributed by atoms with Crippen molar-refractivity contribution < 1.29 is 13.7 Å². The average Bonchev–Trinajstić information content (AvgIpc) is 3.03. The molecule has 0 aliphatic carbocycles. The number of hydrogen-bond donors (Lipinski definition) is 1. The highest BCUT2D eigenvalue weighted by Gasteiger charge is 2.14. The molecule has 128 valence electrons. The van der Waals surface area contributed by atoms with Gasteiger partial charge in [0.1, 0.15) is 11.6 Å². The van der Waals surface area contributed by atoms with Crippen LogP contribution in [0, 0.1) is 21.7 Å². The van der Waals surface area contributed by atoms with E-state index in [2.05, 4.69) is 15.5 Å². The third-order valence-electron chi connectivity index (χ3n) is 3.09. The first-order chi connectivity index (χ1) is 12.0. The summed E-state index contributed by atoms with van der Waals surface area (Å²) in [5.74, 6) is -0.987. The molecular weight excluding hydrogens is 370 g/mol. The van der Waals surface area contributed by atoms with Gasteiger partial charge in [-0.25, -0.2) is 8.78 Å². The Morgan fingerprint density at radius 2 is 1.92 bits per heavy atom. The Kier molecular flexibility index (Phi) is 5.19.